The van der Waals surface area contributed by atoms with Crippen molar-refractivity contribution < 1.29 is 9.53 Å². The number of carbonyl (C=O) groups excluding carboxylic acids is 1. The molecule has 0 spiro atoms. The third-order valence-electron chi connectivity index (χ3n) is 2.89. The van der Waals surface area contributed by atoms with Crippen molar-refractivity contribution in [3.63, 3.8) is 0 Å². The quantitative estimate of drug-likeness (QED) is 0.738. The molecular formula is C12H25NO2. The van der Waals surface area contributed by atoms with Crippen molar-refractivity contribution in [2.45, 2.75) is 59.1 Å². The minimum Gasteiger partial charge on any atom is -0.369 e. The lowest BCUT2D eigenvalue weighted by atomic mass is 9.99. The van der Waals surface area contributed by atoms with Crippen LogP contribution in [0.25, 0.3) is 0 Å². The van der Waals surface area contributed by atoms with Gasteiger partial charge in [-0.2, -0.15) is 0 Å². The lowest BCUT2D eigenvalue weighted by Crippen LogP contribution is -2.47. The molecule has 0 saturated heterocycles. The summed E-state index contributed by atoms with van der Waals surface area (Å²) >= 11 is 0. The van der Waals surface area contributed by atoms with Crippen LogP contribution in [0.5, 0.6) is 0 Å². The van der Waals surface area contributed by atoms with Crippen LogP contribution in [0, 0.1) is 5.92 Å². The molecule has 0 aromatic heterocycles. The van der Waals surface area contributed by atoms with Crippen molar-refractivity contribution in [1.82, 2.24) is 5.32 Å². The number of methoxy groups -OCH3 is 1. The third kappa shape index (κ3) is 5.17. The van der Waals surface area contributed by atoms with Gasteiger partial charge < -0.3 is 10.1 Å². The fourth-order valence-electron chi connectivity index (χ4n) is 1.32. The highest BCUT2D eigenvalue weighted by molar-refractivity contribution is 5.84. The molecule has 3 heteroatoms. The van der Waals surface area contributed by atoms with Gasteiger partial charge in [0.25, 0.3) is 5.91 Å². The number of amides is 1. The van der Waals surface area contributed by atoms with Gasteiger partial charge in [-0.3, -0.25) is 4.79 Å². The van der Waals surface area contributed by atoms with Gasteiger partial charge in [0.15, 0.2) is 0 Å². The highest BCUT2D eigenvalue weighted by Crippen LogP contribution is 2.12. The summed E-state index contributed by atoms with van der Waals surface area (Å²) in [5, 5.41) is 2.97. The van der Waals surface area contributed by atoms with Gasteiger partial charge in [-0.15, -0.1) is 0 Å². The summed E-state index contributed by atoms with van der Waals surface area (Å²) in [6.07, 6.45) is 2.16. The average Bonchev–Trinajstić information content (AvgIpc) is 2.17. The smallest absolute Gasteiger partial charge is 0.251 e. The molecule has 0 radical (unpaired) electrons. The Morgan fingerprint density at radius 3 is 2.33 bits per heavy atom. The number of ether oxygens (including phenoxy) is 1. The van der Waals surface area contributed by atoms with E-state index < -0.39 is 5.60 Å². The Bertz CT molecular complexity index is 202. The molecule has 0 aliphatic carbocycles. The molecule has 2 unspecified atom stereocenters. The third-order valence-corrected chi connectivity index (χ3v) is 2.89. The van der Waals surface area contributed by atoms with E-state index in [2.05, 4.69) is 19.2 Å². The Morgan fingerprint density at radius 1 is 1.40 bits per heavy atom. The van der Waals surface area contributed by atoms with Crippen LogP contribution in [0.3, 0.4) is 0 Å². The lowest BCUT2D eigenvalue weighted by Gasteiger charge is -2.25. The first-order valence-corrected chi connectivity index (χ1v) is 5.69. The van der Waals surface area contributed by atoms with Crippen LogP contribution in [0.1, 0.15) is 47.5 Å². The molecule has 0 aliphatic rings. The zero-order chi connectivity index (χ0) is 12.1. The Morgan fingerprint density at radius 2 is 1.93 bits per heavy atom. The summed E-state index contributed by atoms with van der Waals surface area (Å²) in [6, 6.07) is 0.210. The molecule has 1 amide bonds. The summed E-state index contributed by atoms with van der Waals surface area (Å²) in [6.45, 7) is 9.95. The maximum Gasteiger partial charge on any atom is 0.251 e. The molecule has 0 bridgehead atoms. The van der Waals surface area contributed by atoms with Gasteiger partial charge in [0.05, 0.1) is 0 Å². The maximum atomic E-state index is 11.7. The molecule has 15 heavy (non-hydrogen) atoms. The molecule has 90 valence electrons. The molecular weight excluding hydrogens is 190 g/mol. The Labute approximate surface area is 93.6 Å². The van der Waals surface area contributed by atoms with E-state index in [4.69, 9.17) is 4.74 Å². The van der Waals surface area contributed by atoms with Crippen LogP contribution in [-0.4, -0.2) is 24.7 Å². The highest BCUT2D eigenvalue weighted by atomic mass is 16.5. The van der Waals surface area contributed by atoms with E-state index in [-0.39, 0.29) is 11.9 Å². The monoisotopic (exact) mass is 215 g/mol. The Hall–Kier alpha value is -0.570. The zero-order valence-electron chi connectivity index (χ0n) is 10.9. The van der Waals surface area contributed by atoms with E-state index in [9.17, 15) is 4.79 Å². The summed E-state index contributed by atoms with van der Waals surface area (Å²) in [4.78, 5) is 11.7. The second-order valence-corrected chi connectivity index (χ2v) is 4.84. The maximum absolute atomic E-state index is 11.7. The second-order valence-electron chi connectivity index (χ2n) is 4.84. The molecule has 0 rings (SSSR count). The van der Waals surface area contributed by atoms with E-state index >= 15 is 0 Å². The molecule has 0 aliphatic heterocycles. The van der Waals surface area contributed by atoms with Gasteiger partial charge in [0, 0.05) is 13.2 Å². The largest absolute Gasteiger partial charge is 0.369 e. The van der Waals surface area contributed by atoms with Gasteiger partial charge in [-0.1, -0.05) is 20.3 Å². The first-order valence-electron chi connectivity index (χ1n) is 5.69. The summed E-state index contributed by atoms with van der Waals surface area (Å²) in [7, 11) is 1.55. The number of hydrogen-bond donors (Lipinski definition) is 1. The molecule has 0 saturated carbocycles. The standard InChI is InChI=1S/C12H25NO2/c1-7-9(2)8-10(3)13-11(14)12(4,5)15-6/h9-10H,7-8H2,1-6H3,(H,13,14). The van der Waals surface area contributed by atoms with Crippen molar-refractivity contribution in [2.24, 2.45) is 5.92 Å². The van der Waals surface area contributed by atoms with E-state index in [1.807, 2.05) is 6.92 Å². The van der Waals surface area contributed by atoms with Crippen molar-refractivity contribution in [3.05, 3.63) is 0 Å². The lowest BCUT2D eigenvalue weighted by molar-refractivity contribution is -0.140. The predicted octanol–water partition coefficient (Wildman–Crippen LogP) is 2.35. The normalized spacial score (nSPS) is 15.9. The topological polar surface area (TPSA) is 38.3 Å². The number of hydrogen-bond acceptors (Lipinski definition) is 2. The molecule has 3 nitrogen and oxygen atoms in total. The SMILES string of the molecule is CCC(C)CC(C)NC(=O)C(C)(C)OC. The van der Waals surface area contributed by atoms with Crippen LogP contribution in [0.4, 0.5) is 0 Å². The van der Waals surface area contributed by atoms with Crippen molar-refractivity contribution in [2.75, 3.05) is 7.11 Å². The minimum atomic E-state index is -0.732. The van der Waals surface area contributed by atoms with E-state index in [0.29, 0.717) is 5.92 Å². The number of nitrogens with one attached hydrogen (secondary N) is 1. The molecule has 1 N–H and O–H groups in total. The van der Waals surface area contributed by atoms with Gasteiger partial charge in [0.2, 0.25) is 0 Å². The zero-order valence-corrected chi connectivity index (χ0v) is 10.9. The first-order chi connectivity index (χ1) is 6.83. The molecule has 0 fully saturated rings. The molecule has 2 atom stereocenters. The van der Waals surface area contributed by atoms with Crippen molar-refractivity contribution in [1.29, 1.82) is 0 Å². The Balaban J connectivity index is 4.07. The fourth-order valence-corrected chi connectivity index (χ4v) is 1.32. The van der Waals surface area contributed by atoms with Crippen LogP contribution in [-0.2, 0) is 9.53 Å². The first kappa shape index (κ1) is 14.4. The van der Waals surface area contributed by atoms with Crippen molar-refractivity contribution in [3.8, 4) is 0 Å². The number of carbonyl (C=O) groups is 1. The van der Waals surface area contributed by atoms with Crippen LogP contribution in [0.2, 0.25) is 0 Å². The fraction of sp³-hybridized carbons (Fsp3) is 0.917. The summed E-state index contributed by atoms with van der Waals surface area (Å²) in [5.74, 6) is 0.603. The molecule has 0 aromatic carbocycles. The van der Waals surface area contributed by atoms with Gasteiger partial charge in [-0.25, -0.2) is 0 Å². The van der Waals surface area contributed by atoms with Gasteiger partial charge in [0.1, 0.15) is 5.60 Å². The molecule has 0 heterocycles. The van der Waals surface area contributed by atoms with E-state index in [1.165, 1.54) is 0 Å². The molecule has 0 aromatic rings. The van der Waals surface area contributed by atoms with E-state index in [0.717, 1.165) is 12.8 Å². The predicted molar refractivity (Wildman–Crippen MR) is 62.8 cm³/mol. The van der Waals surface area contributed by atoms with E-state index in [1.54, 1.807) is 21.0 Å². The summed E-state index contributed by atoms with van der Waals surface area (Å²) in [5.41, 5.74) is -0.732. The second kappa shape index (κ2) is 6.11. The Kier molecular flexibility index (Phi) is 5.88. The average molecular weight is 215 g/mol. The number of rotatable bonds is 6. The van der Waals surface area contributed by atoms with Gasteiger partial charge >= 0.3 is 0 Å². The highest BCUT2D eigenvalue weighted by Gasteiger charge is 2.27. The minimum absolute atomic E-state index is 0.0409. The van der Waals surface area contributed by atoms with Crippen LogP contribution >= 0.6 is 0 Å². The summed E-state index contributed by atoms with van der Waals surface area (Å²) < 4.78 is 5.12. The van der Waals surface area contributed by atoms with Gasteiger partial charge in [-0.05, 0) is 33.1 Å². The van der Waals surface area contributed by atoms with Crippen molar-refractivity contribution >= 4 is 5.91 Å². The van der Waals surface area contributed by atoms with Crippen LogP contribution < -0.4 is 5.32 Å². The van der Waals surface area contributed by atoms with Crippen LogP contribution in [0.15, 0.2) is 0 Å².